The van der Waals surface area contributed by atoms with E-state index >= 15 is 0 Å². The highest BCUT2D eigenvalue weighted by atomic mass is 16.5. The summed E-state index contributed by atoms with van der Waals surface area (Å²) in [5.41, 5.74) is 3.32. The Morgan fingerprint density at radius 3 is 2.71 bits per heavy atom. The maximum Gasteiger partial charge on any atom is 0.338 e. The Hall–Kier alpha value is -2.10. The summed E-state index contributed by atoms with van der Waals surface area (Å²) in [6.45, 7) is 2.12. The van der Waals surface area contributed by atoms with Gasteiger partial charge in [-0.15, -0.1) is 0 Å². The summed E-state index contributed by atoms with van der Waals surface area (Å²) in [6, 6.07) is 5.61. The molecule has 1 aliphatic rings. The molecule has 0 radical (unpaired) electrons. The molecule has 21 heavy (non-hydrogen) atoms. The predicted molar refractivity (Wildman–Crippen MR) is 79.9 cm³/mol. The Labute approximate surface area is 124 Å². The van der Waals surface area contributed by atoms with Gasteiger partial charge in [0.1, 0.15) is 0 Å². The first kappa shape index (κ1) is 15.3. The largest absolute Gasteiger partial charge is 0.465 e. The highest BCUT2D eigenvalue weighted by molar-refractivity contribution is 6.00. The Morgan fingerprint density at radius 2 is 2.00 bits per heavy atom. The number of fused-ring (bicyclic) bond motifs is 1. The molecule has 0 heterocycles. The molecule has 0 fully saturated rings. The van der Waals surface area contributed by atoms with Gasteiger partial charge in [0.15, 0.2) is 0 Å². The number of allylic oxidation sites excluding steroid dienone is 1. The number of carbonyl (C=O) groups excluding carboxylic acids is 2. The lowest BCUT2D eigenvalue weighted by atomic mass is 9.93. The molecule has 0 atom stereocenters. The molecule has 0 spiro atoms. The third-order valence-electron chi connectivity index (χ3n) is 3.60. The van der Waals surface area contributed by atoms with Crippen LogP contribution in [0.5, 0.6) is 0 Å². The van der Waals surface area contributed by atoms with Crippen molar-refractivity contribution >= 4 is 17.5 Å². The van der Waals surface area contributed by atoms with Crippen LogP contribution < -0.4 is 0 Å². The zero-order valence-corrected chi connectivity index (χ0v) is 12.5. The van der Waals surface area contributed by atoms with Crippen molar-refractivity contribution in [1.82, 2.24) is 0 Å². The zero-order valence-electron chi connectivity index (χ0n) is 12.5. The third kappa shape index (κ3) is 3.51. The summed E-state index contributed by atoms with van der Waals surface area (Å²) in [6.07, 6.45) is 5.21. The lowest BCUT2D eigenvalue weighted by Gasteiger charge is -2.13. The SMILES string of the molecule is CCOC(=O)/C=C1\CCCCc2cccc(C(=O)OC)c21. The van der Waals surface area contributed by atoms with Crippen molar-refractivity contribution in [1.29, 1.82) is 0 Å². The van der Waals surface area contributed by atoms with E-state index in [4.69, 9.17) is 9.47 Å². The number of ether oxygens (including phenoxy) is 2. The Kier molecular flexibility index (Phi) is 5.14. The molecule has 1 aliphatic carbocycles. The van der Waals surface area contributed by atoms with E-state index in [1.807, 2.05) is 12.1 Å². The van der Waals surface area contributed by atoms with Gasteiger partial charge in [-0.05, 0) is 55.4 Å². The number of carbonyl (C=O) groups is 2. The topological polar surface area (TPSA) is 52.6 Å². The molecule has 1 aromatic rings. The van der Waals surface area contributed by atoms with Gasteiger partial charge >= 0.3 is 11.9 Å². The van der Waals surface area contributed by atoms with E-state index in [9.17, 15) is 9.59 Å². The first-order chi connectivity index (χ1) is 10.2. The number of hydrogen-bond donors (Lipinski definition) is 0. The second-order valence-electron chi connectivity index (χ2n) is 4.96. The molecule has 0 aromatic heterocycles. The van der Waals surface area contributed by atoms with Gasteiger partial charge in [0, 0.05) is 6.08 Å². The average molecular weight is 288 g/mol. The van der Waals surface area contributed by atoms with E-state index < -0.39 is 0 Å². The van der Waals surface area contributed by atoms with E-state index in [1.165, 1.54) is 13.2 Å². The van der Waals surface area contributed by atoms with Crippen molar-refractivity contribution in [3.63, 3.8) is 0 Å². The van der Waals surface area contributed by atoms with Crippen LogP contribution in [0.3, 0.4) is 0 Å². The first-order valence-electron chi connectivity index (χ1n) is 7.25. The van der Waals surface area contributed by atoms with Crippen molar-refractivity contribution < 1.29 is 19.1 Å². The van der Waals surface area contributed by atoms with E-state index in [1.54, 1.807) is 13.0 Å². The fourth-order valence-electron chi connectivity index (χ4n) is 2.69. The molecule has 1 aromatic carbocycles. The third-order valence-corrected chi connectivity index (χ3v) is 3.60. The van der Waals surface area contributed by atoms with Crippen molar-refractivity contribution in [3.8, 4) is 0 Å². The Morgan fingerprint density at radius 1 is 1.24 bits per heavy atom. The molecule has 0 amide bonds. The molecule has 0 saturated carbocycles. The van der Waals surface area contributed by atoms with Crippen LogP contribution in [0.15, 0.2) is 24.3 Å². The second-order valence-corrected chi connectivity index (χ2v) is 4.96. The first-order valence-corrected chi connectivity index (χ1v) is 7.25. The molecule has 0 bridgehead atoms. The molecular weight excluding hydrogens is 268 g/mol. The standard InChI is InChI=1S/C17H20O4/c1-3-21-15(18)11-13-8-5-4-7-12-9-6-10-14(16(12)13)17(19)20-2/h6,9-11H,3-5,7-8H2,1-2H3/b13-11+. The fourth-order valence-corrected chi connectivity index (χ4v) is 2.69. The molecule has 0 saturated heterocycles. The molecule has 2 rings (SSSR count). The van der Waals surface area contributed by atoms with Gasteiger partial charge in [0.25, 0.3) is 0 Å². The van der Waals surface area contributed by atoms with Crippen LogP contribution in [0, 0.1) is 0 Å². The van der Waals surface area contributed by atoms with E-state index in [0.717, 1.165) is 42.4 Å². The number of hydrogen-bond acceptors (Lipinski definition) is 4. The molecule has 0 aliphatic heterocycles. The van der Waals surface area contributed by atoms with Crippen LogP contribution in [-0.2, 0) is 20.7 Å². The zero-order chi connectivity index (χ0) is 15.2. The summed E-state index contributed by atoms with van der Waals surface area (Å²) in [4.78, 5) is 23.8. The predicted octanol–water partition coefficient (Wildman–Crippen LogP) is 3.15. The van der Waals surface area contributed by atoms with Gasteiger partial charge in [-0.3, -0.25) is 0 Å². The fraction of sp³-hybridized carbons (Fsp3) is 0.412. The van der Waals surface area contributed by atoms with Crippen molar-refractivity contribution in [2.75, 3.05) is 13.7 Å². The quantitative estimate of drug-likeness (QED) is 0.487. The highest BCUT2D eigenvalue weighted by Gasteiger charge is 2.21. The molecule has 4 heteroatoms. The van der Waals surface area contributed by atoms with Crippen molar-refractivity contribution in [3.05, 3.63) is 41.0 Å². The lowest BCUT2D eigenvalue weighted by molar-refractivity contribution is -0.137. The van der Waals surface area contributed by atoms with Crippen molar-refractivity contribution in [2.45, 2.75) is 32.6 Å². The number of methoxy groups -OCH3 is 1. The van der Waals surface area contributed by atoms with Gasteiger partial charge < -0.3 is 9.47 Å². The summed E-state index contributed by atoms with van der Waals surface area (Å²) < 4.78 is 9.86. The summed E-state index contributed by atoms with van der Waals surface area (Å²) in [7, 11) is 1.37. The van der Waals surface area contributed by atoms with Crippen molar-refractivity contribution in [2.24, 2.45) is 0 Å². The molecule has 0 unspecified atom stereocenters. The van der Waals surface area contributed by atoms with E-state index in [-0.39, 0.29) is 11.9 Å². The van der Waals surface area contributed by atoms with E-state index in [2.05, 4.69) is 0 Å². The Balaban J connectivity index is 2.52. The number of benzene rings is 1. The smallest absolute Gasteiger partial charge is 0.338 e. The maximum atomic E-state index is 12.0. The molecule has 0 N–H and O–H groups in total. The molecule has 112 valence electrons. The van der Waals surface area contributed by atoms with Crippen LogP contribution in [0.4, 0.5) is 0 Å². The number of aryl methyl sites for hydroxylation is 1. The van der Waals surface area contributed by atoms with Gasteiger partial charge in [-0.1, -0.05) is 12.1 Å². The minimum absolute atomic E-state index is 0.341. The maximum absolute atomic E-state index is 12.0. The van der Waals surface area contributed by atoms with Gasteiger partial charge in [-0.25, -0.2) is 9.59 Å². The Bertz CT molecular complexity index is 572. The van der Waals surface area contributed by atoms with Gasteiger partial charge in [-0.2, -0.15) is 0 Å². The normalized spacial score (nSPS) is 16.0. The number of esters is 2. The lowest BCUT2D eigenvalue weighted by Crippen LogP contribution is -2.08. The molecular formula is C17H20O4. The molecule has 4 nitrogen and oxygen atoms in total. The highest BCUT2D eigenvalue weighted by Crippen LogP contribution is 2.32. The average Bonchev–Trinajstić information content (AvgIpc) is 2.69. The minimum atomic E-state index is -0.372. The summed E-state index contributed by atoms with van der Waals surface area (Å²) in [5, 5.41) is 0. The summed E-state index contributed by atoms with van der Waals surface area (Å²) in [5.74, 6) is -0.733. The minimum Gasteiger partial charge on any atom is -0.465 e. The monoisotopic (exact) mass is 288 g/mol. The van der Waals surface area contributed by atoms with Crippen LogP contribution in [0.25, 0.3) is 5.57 Å². The second kappa shape index (κ2) is 7.07. The number of rotatable bonds is 3. The van der Waals surface area contributed by atoms with Gasteiger partial charge in [0.05, 0.1) is 19.3 Å². The van der Waals surface area contributed by atoms with Crippen LogP contribution in [0.1, 0.15) is 47.7 Å². The van der Waals surface area contributed by atoms with E-state index in [0.29, 0.717) is 12.2 Å². The van der Waals surface area contributed by atoms with Crippen LogP contribution in [-0.4, -0.2) is 25.7 Å². The van der Waals surface area contributed by atoms with Gasteiger partial charge in [0.2, 0.25) is 0 Å². The van der Waals surface area contributed by atoms with Crippen LogP contribution >= 0.6 is 0 Å². The van der Waals surface area contributed by atoms with Crippen LogP contribution in [0.2, 0.25) is 0 Å². The summed E-state index contributed by atoms with van der Waals surface area (Å²) >= 11 is 0.